The number of halogens is 2. The topological polar surface area (TPSA) is 80.6 Å². The first-order valence-electron chi connectivity index (χ1n) is 7.24. The number of phenols is 1. The maximum Gasteiger partial charge on any atom is 0.269 e. The van der Waals surface area contributed by atoms with Gasteiger partial charge in [0.25, 0.3) is 5.56 Å². The van der Waals surface area contributed by atoms with Crippen LogP contribution in [-0.4, -0.2) is 14.8 Å². The number of nitrogens with zero attached hydrogens (tertiary/aromatic N) is 2. The summed E-state index contributed by atoms with van der Waals surface area (Å²) in [6, 6.07) is 7.94. The zero-order valence-corrected chi connectivity index (χ0v) is 14.8. The Morgan fingerprint density at radius 2 is 2.00 bits per heavy atom. The third kappa shape index (κ3) is 3.63. The first-order valence-corrected chi connectivity index (χ1v) is 8.00. The molecule has 2 rings (SSSR count). The molecule has 1 aromatic carbocycles. The summed E-state index contributed by atoms with van der Waals surface area (Å²) in [4.78, 5) is 16.7. The summed E-state index contributed by atoms with van der Waals surface area (Å²) in [6.07, 6.45) is 1.35. The Bertz CT molecular complexity index is 869. The number of aromatic hydroxyl groups is 1. The van der Waals surface area contributed by atoms with E-state index in [0.29, 0.717) is 29.1 Å². The highest BCUT2D eigenvalue weighted by atomic mass is 35.5. The fraction of sp³-hybridized carbons (Fsp3) is 0.176. The predicted molar refractivity (Wildman–Crippen MR) is 99.4 cm³/mol. The fourth-order valence-corrected chi connectivity index (χ4v) is 2.55. The molecule has 0 fully saturated rings. The van der Waals surface area contributed by atoms with E-state index in [4.69, 9.17) is 28.9 Å². The molecule has 1 heterocycles. The molecule has 0 spiro atoms. The van der Waals surface area contributed by atoms with Crippen LogP contribution in [0.4, 0.5) is 5.69 Å². The second-order valence-corrected chi connectivity index (χ2v) is 5.84. The normalized spacial score (nSPS) is 12.5. The van der Waals surface area contributed by atoms with Crippen molar-refractivity contribution >= 4 is 34.1 Å². The van der Waals surface area contributed by atoms with Gasteiger partial charge >= 0.3 is 0 Å². The molecule has 0 atom stereocenters. The summed E-state index contributed by atoms with van der Waals surface area (Å²) in [6.45, 7) is 3.97. The summed E-state index contributed by atoms with van der Waals surface area (Å²) in [5, 5.41) is 9.74. The Morgan fingerprint density at radius 3 is 2.54 bits per heavy atom. The molecular formula is C17H17Cl2N3O2. The van der Waals surface area contributed by atoms with Gasteiger partial charge < -0.3 is 15.4 Å². The van der Waals surface area contributed by atoms with E-state index in [1.807, 2.05) is 6.92 Å². The quantitative estimate of drug-likeness (QED) is 0.802. The SMILES string of the molecule is CCn1c(-c2ccc(O)cc2)c(N=C(Cl)C(C)=CN)cc(Cl)c1=O. The van der Waals surface area contributed by atoms with Crippen LogP contribution >= 0.6 is 23.2 Å². The zero-order chi connectivity index (χ0) is 17.9. The molecule has 0 unspecified atom stereocenters. The lowest BCUT2D eigenvalue weighted by molar-refractivity contribution is 0.475. The van der Waals surface area contributed by atoms with Crippen molar-refractivity contribution in [3.63, 3.8) is 0 Å². The lowest BCUT2D eigenvalue weighted by atomic mass is 10.1. The molecule has 2 aromatic rings. The number of hydrogen-bond donors (Lipinski definition) is 2. The van der Waals surface area contributed by atoms with Gasteiger partial charge in [-0.25, -0.2) is 4.99 Å². The second kappa shape index (κ2) is 7.55. The molecule has 0 saturated carbocycles. The van der Waals surface area contributed by atoms with Gasteiger partial charge in [0.2, 0.25) is 0 Å². The van der Waals surface area contributed by atoms with Crippen molar-refractivity contribution in [2.24, 2.45) is 10.7 Å². The Balaban J connectivity index is 2.81. The van der Waals surface area contributed by atoms with E-state index in [-0.39, 0.29) is 21.5 Å². The van der Waals surface area contributed by atoms with Gasteiger partial charge in [-0.3, -0.25) is 4.79 Å². The Kier molecular flexibility index (Phi) is 5.70. The highest BCUT2D eigenvalue weighted by molar-refractivity contribution is 6.69. The minimum absolute atomic E-state index is 0.0528. The molecular weight excluding hydrogens is 349 g/mol. The molecule has 0 aliphatic carbocycles. The minimum Gasteiger partial charge on any atom is -0.508 e. The summed E-state index contributed by atoms with van der Waals surface area (Å²) in [5.41, 5.74) is 7.46. The molecule has 3 N–H and O–H groups in total. The molecule has 1 aromatic heterocycles. The van der Waals surface area contributed by atoms with Gasteiger partial charge in [0, 0.05) is 17.7 Å². The van der Waals surface area contributed by atoms with Gasteiger partial charge in [-0.05, 0) is 50.4 Å². The van der Waals surface area contributed by atoms with Crippen molar-refractivity contribution < 1.29 is 5.11 Å². The monoisotopic (exact) mass is 365 g/mol. The van der Waals surface area contributed by atoms with Crippen LogP contribution in [0.15, 0.2) is 51.9 Å². The molecule has 126 valence electrons. The maximum atomic E-state index is 12.4. The Morgan fingerprint density at radius 1 is 1.38 bits per heavy atom. The van der Waals surface area contributed by atoms with Crippen molar-refractivity contribution in [3.8, 4) is 17.0 Å². The molecule has 0 amide bonds. The fourth-order valence-electron chi connectivity index (χ4n) is 2.19. The van der Waals surface area contributed by atoms with Crippen LogP contribution in [0.1, 0.15) is 13.8 Å². The van der Waals surface area contributed by atoms with Crippen LogP contribution in [-0.2, 0) is 6.54 Å². The van der Waals surface area contributed by atoms with Crippen LogP contribution in [0, 0.1) is 0 Å². The van der Waals surface area contributed by atoms with Gasteiger partial charge in [-0.2, -0.15) is 0 Å². The lowest BCUT2D eigenvalue weighted by Crippen LogP contribution is -2.21. The number of allylic oxidation sites excluding steroid dienone is 1. The van der Waals surface area contributed by atoms with E-state index in [0.717, 1.165) is 0 Å². The van der Waals surface area contributed by atoms with Crippen molar-refractivity contribution in [2.45, 2.75) is 20.4 Å². The lowest BCUT2D eigenvalue weighted by Gasteiger charge is -2.15. The van der Waals surface area contributed by atoms with E-state index in [2.05, 4.69) is 4.99 Å². The smallest absolute Gasteiger partial charge is 0.269 e. The molecule has 5 nitrogen and oxygen atoms in total. The minimum atomic E-state index is -0.316. The highest BCUT2D eigenvalue weighted by Crippen LogP contribution is 2.33. The van der Waals surface area contributed by atoms with Gasteiger partial charge in [0.05, 0.1) is 11.4 Å². The number of hydrogen-bond acceptors (Lipinski definition) is 4. The van der Waals surface area contributed by atoms with Crippen molar-refractivity contribution in [1.82, 2.24) is 4.57 Å². The average molecular weight is 366 g/mol. The first-order chi connectivity index (χ1) is 11.4. The van der Waals surface area contributed by atoms with Crippen molar-refractivity contribution in [3.05, 3.63) is 57.5 Å². The third-order valence-corrected chi connectivity index (χ3v) is 4.13. The Hall–Kier alpha value is -2.24. The van der Waals surface area contributed by atoms with Crippen LogP contribution in [0.2, 0.25) is 5.02 Å². The van der Waals surface area contributed by atoms with Crippen LogP contribution < -0.4 is 11.3 Å². The molecule has 24 heavy (non-hydrogen) atoms. The summed E-state index contributed by atoms with van der Waals surface area (Å²) < 4.78 is 1.51. The van der Waals surface area contributed by atoms with Gasteiger partial charge in [-0.15, -0.1) is 0 Å². The number of rotatable bonds is 4. The average Bonchev–Trinajstić information content (AvgIpc) is 2.57. The van der Waals surface area contributed by atoms with Gasteiger partial charge in [0.1, 0.15) is 15.9 Å². The molecule has 7 heteroatoms. The van der Waals surface area contributed by atoms with E-state index < -0.39 is 0 Å². The van der Waals surface area contributed by atoms with E-state index in [1.165, 1.54) is 29.0 Å². The first kappa shape index (κ1) is 18.1. The maximum absolute atomic E-state index is 12.4. The molecule has 0 saturated heterocycles. The van der Waals surface area contributed by atoms with Crippen LogP contribution in [0.25, 0.3) is 11.3 Å². The largest absolute Gasteiger partial charge is 0.508 e. The van der Waals surface area contributed by atoms with E-state index in [9.17, 15) is 9.90 Å². The van der Waals surface area contributed by atoms with Gasteiger partial charge in [-0.1, -0.05) is 23.2 Å². The van der Waals surface area contributed by atoms with Crippen molar-refractivity contribution in [2.75, 3.05) is 0 Å². The number of benzene rings is 1. The number of phenolic OH excluding ortho intramolecular Hbond substituents is 1. The molecule has 0 aliphatic heterocycles. The standard InChI is InChI=1S/C17H17Cl2N3O2/c1-3-22-15(11-4-6-12(23)7-5-11)14(8-13(18)17(22)24)21-16(19)10(2)9-20/h4-9,23H,3,20H2,1-2H3. The Labute approximate surface area is 149 Å². The van der Waals surface area contributed by atoms with Gasteiger partial charge in [0.15, 0.2) is 0 Å². The number of pyridine rings is 1. The molecule has 0 aliphatic rings. The van der Waals surface area contributed by atoms with Crippen LogP contribution in [0.3, 0.4) is 0 Å². The molecule has 0 radical (unpaired) electrons. The van der Waals surface area contributed by atoms with E-state index >= 15 is 0 Å². The molecule has 0 bridgehead atoms. The number of aliphatic imine (C=N–C) groups is 1. The second-order valence-electron chi connectivity index (χ2n) is 5.07. The predicted octanol–water partition coefficient (Wildman–Crippen LogP) is 4.03. The number of aromatic nitrogens is 1. The summed E-state index contributed by atoms with van der Waals surface area (Å²) in [7, 11) is 0. The van der Waals surface area contributed by atoms with Crippen LogP contribution in [0.5, 0.6) is 5.75 Å². The number of nitrogens with two attached hydrogens (primary N) is 1. The third-order valence-electron chi connectivity index (χ3n) is 3.48. The van der Waals surface area contributed by atoms with E-state index in [1.54, 1.807) is 19.1 Å². The highest BCUT2D eigenvalue weighted by Gasteiger charge is 2.15. The van der Waals surface area contributed by atoms with Crippen molar-refractivity contribution in [1.29, 1.82) is 0 Å². The zero-order valence-electron chi connectivity index (χ0n) is 13.3. The summed E-state index contributed by atoms with van der Waals surface area (Å²) in [5.74, 6) is 0.128. The summed E-state index contributed by atoms with van der Waals surface area (Å²) >= 11 is 12.2.